The summed E-state index contributed by atoms with van der Waals surface area (Å²) in [6.45, 7) is -0.279. The van der Waals surface area contributed by atoms with E-state index in [0.29, 0.717) is 0 Å². The van der Waals surface area contributed by atoms with Gasteiger partial charge >= 0.3 is 0 Å². The summed E-state index contributed by atoms with van der Waals surface area (Å²) in [5.41, 5.74) is 0. The summed E-state index contributed by atoms with van der Waals surface area (Å²) >= 11 is 0. The van der Waals surface area contributed by atoms with Crippen LogP contribution in [-0.2, 0) is 14.4 Å². The lowest BCUT2D eigenvalue weighted by Gasteiger charge is -2.22. The van der Waals surface area contributed by atoms with E-state index in [4.69, 9.17) is 71.5 Å². The second kappa shape index (κ2) is 20.6. The van der Waals surface area contributed by atoms with Crippen LogP contribution in [0.3, 0.4) is 0 Å². The van der Waals surface area contributed by atoms with Gasteiger partial charge in [-0.15, -0.1) is 0 Å². The number of carbonyl (C=O) groups excluding carboxylic acids is 3. The van der Waals surface area contributed by atoms with Crippen molar-refractivity contribution in [2.45, 2.75) is 80.2 Å². The maximum atomic E-state index is 9.90. The van der Waals surface area contributed by atoms with Crippen LogP contribution in [0.5, 0.6) is 0 Å². The second-order valence-corrected chi connectivity index (χ2v) is 7.06. The molecule has 0 spiro atoms. The average molecular weight is 524 g/mol. The van der Waals surface area contributed by atoms with Crippen LogP contribution in [-0.4, -0.2) is 177 Å². The van der Waals surface area contributed by atoms with E-state index >= 15 is 0 Å². The molecule has 0 aliphatic heterocycles. The highest BCUT2D eigenvalue weighted by molar-refractivity contribution is 5.57. The molecule has 0 amide bonds. The summed E-state index contributed by atoms with van der Waals surface area (Å²) < 4.78 is 0. The molecule has 0 saturated heterocycles. The van der Waals surface area contributed by atoms with Crippen molar-refractivity contribution in [2.24, 2.45) is 0 Å². The SMILES string of the molecule is C[C@H](O)[C@@H](O)[C@@H](O)[C@H](O)C=O.O=C[C@H](O)[C@@H](O)[C@@H](O)[C@H](O)CO.O=C[C@H](O)[C@@H](O)[C@H](O)[C@H](O)CO. The topological polar surface area (TPSA) is 334 Å². The molecule has 0 aromatic carbocycles. The van der Waals surface area contributed by atoms with E-state index in [2.05, 4.69) is 0 Å². The Balaban J connectivity index is -0.000000439. The minimum Gasteiger partial charge on any atom is -0.394 e. The lowest BCUT2D eigenvalue weighted by Crippen LogP contribution is -2.46. The van der Waals surface area contributed by atoms with Gasteiger partial charge in [-0.05, 0) is 6.92 Å². The van der Waals surface area contributed by atoms with Crippen molar-refractivity contribution < 1.29 is 85.9 Å². The Kier molecular flexibility index (Phi) is 22.4. The van der Waals surface area contributed by atoms with Gasteiger partial charge in [0.1, 0.15) is 67.1 Å². The number of aliphatic hydroxyl groups excluding tert-OH is 14. The van der Waals surface area contributed by atoms with Gasteiger partial charge in [0.2, 0.25) is 0 Å². The highest BCUT2D eigenvalue weighted by Crippen LogP contribution is 2.04. The number of aldehydes is 3. The van der Waals surface area contributed by atoms with Crippen LogP contribution in [0.1, 0.15) is 6.92 Å². The molecule has 12 atom stereocenters. The molecule has 0 saturated carbocycles. The fraction of sp³-hybridized carbons (Fsp3) is 0.833. The van der Waals surface area contributed by atoms with Crippen molar-refractivity contribution in [3.8, 4) is 0 Å². The monoisotopic (exact) mass is 524 g/mol. The smallest absolute Gasteiger partial charge is 0.151 e. The van der Waals surface area contributed by atoms with E-state index in [-0.39, 0.29) is 18.9 Å². The first-order chi connectivity index (χ1) is 16.1. The Bertz CT molecular complexity index is 517. The van der Waals surface area contributed by atoms with Crippen molar-refractivity contribution in [2.75, 3.05) is 13.2 Å². The van der Waals surface area contributed by atoms with Crippen LogP contribution in [0.15, 0.2) is 0 Å². The molecule has 17 heteroatoms. The summed E-state index contributed by atoms with van der Waals surface area (Å²) in [7, 11) is 0. The van der Waals surface area contributed by atoms with Gasteiger partial charge in [-0.25, -0.2) is 0 Å². The van der Waals surface area contributed by atoms with E-state index in [0.717, 1.165) is 0 Å². The quantitative estimate of drug-likeness (QED) is 0.0937. The molecule has 0 rings (SSSR count). The van der Waals surface area contributed by atoms with Crippen LogP contribution in [0.4, 0.5) is 0 Å². The molecular weight excluding hydrogens is 488 g/mol. The number of hydrogen-bond donors (Lipinski definition) is 14. The zero-order valence-corrected chi connectivity index (χ0v) is 18.6. The van der Waals surface area contributed by atoms with Crippen molar-refractivity contribution in [1.82, 2.24) is 0 Å². The molecule has 0 fully saturated rings. The summed E-state index contributed by atoms with van der Waals surface area (Å²) in [5.74, 6) is 0. The number of hydrogen-bond acceptors (Lipinski definition) is 17. The third kappa shape index (κ3) is 15.2. The van der Waals surface area contributed by atoms with E-state index in [1.807, 2.05) is 0 Å². The van der Waals surface area contributed by atoms with Gasteiger partial charge in [-0.2, -0.15) is 0 Å². The van der Waals surface area contributed by atoms with Crippen LogP contribution >= 0.6 is 0 Å². The first kappa shape index (κ1) is 38.0. The summed E-state index contributed by atoms with van der Waals surface area (Å²) in [6.07, 6.45) is -19.6. The second-order valence-electron chi connectivity index (χ2n) is 7.06. The number of aliphatic hydroxyl groups is 14. The summed E-state index contributed by atoms with van der Waals surface area (Å²) in [6, 6.07) is 0. The standard InChI is InChI=1S/2C6H12O6.C6H12O5/c2*7-1-3(9)5(11)6(12)4(10)2-8;1-3(8)5(10)6(11)4(9)2-7/h2*1,3-6,8-12H,2H2;2-6,8-11H,1H3/t3-,4+,5+,6+;2*3-,4+,5+,6-/m000/s1. The fourth-order valence-electron chi connectivity index (χ4n) is 1.80. The Labute approximate surface area is 199 Å². The highest BCUT2D eigenvalue weighted by Gasteiger charge is 2.30. The lowest BCUT2D eigenvalue weighted by atomic mass is 10.0. The first-order valence-electron chi connectivity index (χ1n) is 9.83. The van der Waals surface area contributed by atoms with Crippen LogP contribution in [0.2, 0.25) is 0 Å². The Hall–Kier alpha value is -1.55. The van der Waals surface area contributed by atoms with Gasteiger partial charge in [0, 0.05) is 0 Å². The molecule has 0 unspecified atom stereocenters. The van der Waals surface area contributed by atoms with Gasteiger partial charge in [0.25, 0.3) is 0 Å². The lowest BCUT2D eigenvalue weighted by molar-refractivity contribution is -0.136. The molecule has 0 radical (unpaired) electrons. The molecule has 0 aromatic heterocycles. The molecule has 17 nitrogen and oxygen atoms in total. The number of rotatable bonds is 14. The van der Waals surface area contributed by atoms with E-state index in [9.17, 15) is 14.4 Å². The Morgan fingerprint density at radius 3 is 0.857 bits per heavy atom. The van der Waals surface area contributed by atoms with E-state index < -0.39 is 86.5 Å². The third-order valence-electron chi connectivity index (χ3n) is 4.17. The zero-order chi connectivity index (χ0) is 28.5. The molecule has 0 aliphatic rings. The molecular formula is C18H36O17. The summed E-state index contributed by atoms with van der Waals surface area (Å²) in [5, 5.41) is 122. The van der Waals surface area contributed by atoms with Crippen molar-refractivity contribution in [3.63, 3.8) is 0 Å². The normalized spacial score (nSPS) is 21.3. The predicted octanol–water partition coefficient (Wildman–Crippen LogP) is -9.11. The molecule has 0 heterocycles. The third-order valence-corrected chi connectivity index (χ3v) is 4.17. The molecule has 0 bridgehead atoms. The highest BCUT2D eigenvalue weighted by atomic mass is 16.4. The molecule has 0 aliphatic carbocycles. The Morgan fingerprint density at radius 1 is 0.457 bits per heavy atom. The largest absolute Gasteiger partial charge is 0.394 e. The van der Waals surface area contributed by atoms with E-state index in [1.54, 1.807) is 0 Å². The molecule has 14 N–H and O–H groups in total. The average Bonchev–Trinajstić information content (AvgIpc) is 2.88. The van der Waals surface area contributed by atoms with Crippen molar-refractivity contribution >= 4 is 18.9 Å². The van der Waals surface area contributed by atoms with Gasteiger partial charge in [0.15, 0.2) is 18.9 Å². The number of carbonyl (C=O) groups is 3. The van der Waals surface area contributed by atoms with Gasteiger partial charge in [-0.3, -0.25) is 0 Å². The minimum atomic E-state index is -1.79. The van der Waals surface area contributed by atoms with E-state index in [1.165, 1.54) is 6.92 Å². The van der Waals surface area contributed by atoms with Crippen molar-refractivity contribution in [1.29, 1.82) is 0 Å². The minimum absolute atomic E-state index is 0.0258. The van der Waals surface area contributed by atoms with Crippen LogP contribution < -0.4 is 0 Å². The summed E-state index contributed by atoms with van der Waals surface area (Å²) in [4.78, 5) is 29.7. The first-order valence-corrected chi connectivity index (χ1v) is 9.83. The van der Waals surface area contributed by atoms with Gasteiger partial charge in [-0.1, -0.05) is 0 Å². The van der Waals surface area contributed by atoms with Gasteiger partial charge < -0.3 is 85.9 Å². The Morgan fingerprint density at radius 2 is 0.686 bits per heavy atom. The maximum Gasteiger partial charge on any atom is 0.151 e. The fourth-order valence-corrected chi connectivity index (χ4v) is 1.80. The van der Waals surface area contributed by atoms with Crippen molar-refractivity contribution in [3.05, 3.63) is 0 Å². The molecule has 210 valence electrons. The van der Waals surface area contributed by atoms with Crippen LogP contribution in [0.25, 0.3) is 0 Å². The molecule has 0 aromatic rings. The maximum absolute atomic E-state index is 9.90. The predicted molar refractivity (Wildman–Crippen MR) is 110 cm³/mol. The van der Waals surface area contributed by atoms with Gasteiger partial charge in [0.05, 0.1) is 19.3 Å². The molecule has 35 heavy (non-hydrogen) atoms. The zero-order valence-electron chi connectivity index (χ0n) is 18.6. The van der Waals surface area contributed by atoms with Crippen LogP contribution in [0, 0.1) is 0 Å².